The van der Waals surface area contributed by atoms with Crippen molar-refractivity contribution in [2.75, 3.05) is 0 Å². The smallest absolute Gasteiger partial charge is 0.0847 e. The lowest BCUT2D eigenvalue weighted by Gasteiger charge is -2.23. The minimum absolute atomic E-state index is 0.627. The standard InChI is InChI=1S/C19H16BrClO/c1-19(2,22)17-11-12(21)7-8-15(17)14-9-10-18(20)16-6-4-3-5-13(14)16/h3-11,22H,1-2H3. The Morgan fingerprint density at radius 2 is 1.55 bits per heavy atom. The Labute approximate surface area is 143 Å². The summed E-state index contributed by atoms with van der Waals surface area (Å²) in [6.45, 7) is 3.56. The zero-order valence-corrected chi connectivity index (χ0v) is 14.7. The molecule has 3 aromatic rings. The van der Waals surface area contributed by atoms with Crippen LogP contribution < -0.4 is 0 Å². The average molecular weight is 376 g/mol. The van der Waals surface area contributed by atoms with Gasteiger partial charge >= 0.3 is 0 Å². The number of halogens is 2. The fourth-order valence-electron chi connectivity index (χ4n) is 2.75. The second-order valence-electron chi connectivity index (χ2n) is 5.89. The van der Waals surface area contributed by atoms with Gasteiger partial charge in [-0.15, -0.1) is 0 Å². The van der Waals surface area contributed by atoms with Crippen molar-refractivity contribution in [1.82, 2.24) is 0 Å². The molecule has 0 fully saturated rings. The van der Waals surface area contributed by atoms with Crippen molar-refractivity contribution >= 4 is 38.3 Å². The van der Waals surface area contributed by atoms with Crippen molar-refractivity contribution < 1.29 is 5.11 Å². The molecule has 0 bridgehead atoms. The molecule has 0 unspecified atom stereocenters. The first-order valence-corrected chi connectivity index (χ1v) is 8.25. The lowest BCUT2D eigenvalue weighted by atomic mass is 9.87. The Balaban J connectivity index is 2.36. The third kappa shape index (κ3) is 2.79. The molecule has 0 aliphatic heterocycles. The zero-order valence-electron chi connectivity index (χ0n) is 12.4. The summed E-state index contributed by atoms with van der Waals surface area (Å²) < 4.78 is 1.06. The average Bonchev–Trinajstić information content (AvgIpc) is 2.47. The van der Waals surface area contributed by atoms with E-state index in [4.69, 9.17) is 11.6 Å². The predicted molar refractivity (Wildman–Crippen MR) is 97.3 cm³/mol. The van der Waals surface area contributed by atoms with Crippen LogP contribution in [0.2, 0.25) is 5.02 Å². The van der Waals surface area contributed by atoms with Crippen LogP contribution >= 0.6 is 27.5 Å². The summed E-state index contributed by atoms with van der Waals surface area (Å²) in [5.41, 5.74) is 1.95. The lowest BCUT2D eigenvalue weighted by molar-refractivity contribution is 0.0792. The number of fused-ring (bicyclic) bond motifs is 1. The lowest BCUT2D eigenvalue weighted by Crippen LogP contribution is -2.16. The SMILES string of the molecule is CC(C)(O)c1cc(Cl)ccc1-c1ccc(Br)c2ccccc12. The highest BCUT2D eigenvalue weighted by molar-refractivity contribution is 9.10. The molecule has 22 heavy (non-hydrogen) atoms. The molecule has 0 atom stereocenters. The van der Waals surface area contributed by atoms with E-state index in [1.807, 2.05) is 36.4 Å². The Kier molecular flexibility index (Phi) is 4.02. The Morgan fingerprint density at radius 1 is 0.909 bits per heavy atom. The third-order valence-corrected chi connectivity index (χ3v) is 4.73. The summed E-state index contributed by atoms with van der Waals surface area (Å²) >= 11 is 9.74. The van der Waals surface area contributed by atoms with Gasteiger partial charge in [-0.2, -0.15) is 0 Å². The van der Waals surface area contributed by atoms with E-state index < -0.39 is 5.60 Å². The molecule has 1 N–H and O–H groups in total. The van der Waals surface area contributed by atoms with E-state index in [1.165, 1.54) is 0 Å². The van der Waals surface area contributed by atoms with Gasteiger partial charge in [-0.3, -0.25) is 0 Å². The van der Waals surface area contributed by atoms with Crippen molar-refractivity contribution in [2.45, 2.75) is 19.4 Å². The zero-order chi connectivity index (χ0) is 15.9. The van der Waals surface area contributed by atoms with Gasteiger partial charge in [-0.1, -0.05) is 63.9 Å². The van der Waals surface area contributed by atoms with Crippen molar-refractivity contribution in [3.63, 3.8) is 0 Å². The van der Waals surface area contributed by atoms with Gasteiger partial charge < -0.3 is 5.11 Å². The third-order valence-electron chi connectivity index (χ3n) is 3.80. The first kappa shape index (κ1) is 15.5. The number of rotatable bonds is 2. The Hall–Kier alpha value is -1.35. The van der Waals surface area contributed by atoms with Gasteiger partial charge in [0.25, 0.3) is 0 Å². The molecular formula is C19H16BrClO. The van der Waals surface area contributed by atoms with Crippen molar-refractivity contribution in [2.24, 2.45) is 0 Å². The topological polar surface area (TPSA) is 20.2 Å². The van der Waals surface area contributed by atoms with Crippen LogP contribution in [0.15, 0.2) is 59.1 Å². The molecule has 0 spiro atoms. The first-order valence-electron chi connectivity index (χ1n) is 7.08. The molecule has 3 rings (SSSR count). The highest BCUT2D eigenvalue weighted by Crippen LogP contribution is 2.38. The summed E-state index contributed by atoms with van der Waals surface area (Å²) in [6, 6.07) is 18.0. The highest BCUT2D eigenvalue weighted by Gasteiger charge is 2.22. The Bertz CT molecular complexity index is 850. The van der Waals surface area contributed by atoms with Gasteiger partial charge in [0, 0.05) is 9.50 Å². The summed E-state index contributed by atoms with van der Waals surface area (Å²) in [5, 5.41) is 13.4. The summed E-state index contributed by atoms with van der Waals surface area (Å²) in [4.78, 5) is 0. The maximum Gasteiger partial charge on any atom is 0.0847 e. The van der Waals surface area contributed by atoms with E-state index in [1.54, 1.807) is 13.8 Å². The normalized spacial score (nSPS) is 11.9. The molecule has 0 aliphatic rings. The van der Waals surface area contributed by atoms with Gasteiger partial charge in [0.15, 0.2) is 0 Å². The van der Waals surface area contributed by atoms with Gasteiger partial charge in [0.1, 0.15) is 0 Å². The van der Waals surface area contributed by atoms with Crippen molar-refractivity contribution in [1.29, 1.82) is 0 Å². The number of hydrogen-bond acceptors (Lipinski definition) is 1. The minimum atomic E-state index is -0.964. The quantitative estimate of drug-likeness (QED) is 0.569. The van der Waals surface area contributed by atoms with Gasteiger partial charge in [-0.05, 0) is 59.5 Å². The van der Waals surface area contributed by atoms with Crippen LogP contribution in [0.1, 0.15) is 19.4 Å². The van der Waals surface area contributed by atoms with Gasteiger partial charge in [0.05, 0.1) is 5.60 Å². The van der Waals surface area contributed by atoms with Crippen molar-refractivity contribution in [3.05, 3.63) is 69.7 Å². The summed E-state index contributed by atoms with van der Waals surface area (Å²) in [7, 11) is 0. The summed E-state index contributed by atoms with van der Waals surface area (Å²) in [5.74, 6) is 0. The van der Waals surface area contributed by atoms with E-state index in [0.29, 0.717) is 5.02 Å². The molecule has 0 heterocycles. The number of benzene rings is 3. The minimum Gasteiger partial charge on any atom is -0.386 e. The molecule has 0 saturated heterocycles. The van der Waals surface area contributed by atoms with E-state index in [0.717, 1.165) is 31.9 Å². The highest BCUT2D eigenvalue weighted by atomic mass is 79.9. The fourth-order valence-corrected chi connectivity index (χ4v) is 3.40. The van der Waals surface area contributed by atoms with Crippen LogP contribution in [-0.2, 0) is 5.60 Å². The van der Waals surface area contributed by atoms with Gasteiger partial charge in [0.2, 0.25) is 0 Å². The van der Waals surface area contributed by atoms with Crippen LogP contribution in [0, 0.1) is 0 Å². The van der Waals surface area contributed by atoms with Crippen LogP contribution in [0.4, 0.5) is 0 Å². The molecule has 1 nitrogen and oxygen atoms in total. The molecule has 0 amide bonds. The predicted octanol–water partition coefficient (Wildman–Crippen LogP) is 6.15. The Morgan fingerprint density at radius 3 is 2.23 bits per heavy atom. The number of aliphatic hydroxyl groups is 1. The first-order chi connectivity index (χ1) is 10.4. The number of hydrogen-bond donors (Lipinski definition) is 1. The molecule has 3 heteroatoms. The van der Waals surface area contributed by atoms with E-state index >= 15 is 0 Å². The molecule has 0 radical (unpaired) electrons. The second-order valence-corrected chi connectivity index (χ2v) is 7.18. The molecule has 0 saturated carbocycles. The van der Waals surface area contributed by atoms with Crippen LogP contribution in [0.5, 0.6) is 0 Å². The fraction of sp³-hybridized carbons (Fsp3) is 0.158. The summed E-state index contributed by atoms with van der Waals surface area (Å²) in [6.07, 6.45) is 0. The largest absolute Gasteiger partial charge is 0.386 e. The van der Waals surface area contributed by atoms with E-state index in [2.05, 4.69) is 34.1 Å². The van der Waals surface area contributed by atoms with E-state index in [9.17, 15) is 5.11 Å². The molecule has 3 aromatic carbocycles. The van der Waals surface area contributed by atoms with Crippen LogP contribution in [0.25, 0.3) is 21.9 Å². The van der Waals surface area contributed by atoms with Gasteiger partial charge in [-0.25, -0.2) is 0 Å². The molecule has 112 valence electrons. The van der Waals surface area contributed by atoms with Crippen molar-refractivity contribution in [3.8, 4) is 11.1 Å². The molecular weight excluding hydrogens is 360 g/mol. The maximum absolute atomic E-state index is 10.5. The second kappa shape index (κ2) is 5.69. The molecule has 0 aliphatic carbocycles. The maximum atomic E-state index is 10.5. The molecule has 0 aromatic heterocycles. The van der Waals surface area contributed by atoms with Crippen LogP contribution in [0.3, 0.4) is 0 Å². The monoisotopic (exact) mass is 374 g/mol. The van der Waals surface area contributed by atoms with Crippen LogP contribution in [-0.4, -0.2) is 5.11 Å². The van der Waals surface area contributed by atoms with E-state index in [-0.39, 0.29) is 0 Å².